The molecule has 0 heterocycles. The largest absolute Gasteiger partial charge is 0.502 e. The molecule has 0 rings (SSSR count). The van der Waals surface area contributed by atoms with Crippen molar-refractivity contribution >= 4 is 5.78 Å². The summed E-state index contributed by atoms with van der Waals surface area (Å²) in [5, 5.41) is 0. The van der Waals surface area contributed by atoms with Gasteiger partial charge in [-0.05, 0) is 19.9 Å². The molecule has 10 heavy (non-hydrogen) atoms. The Labute approximate surface area is 62.2 Å². The van der Waals surface area contributed by atoms with Gasteiger partial charge in [0.1, 0.15) is 0 Å². The lowest BCUT2D eigenvalue weighted by molar-refractivity contribution is -0.112. The van der Waals surface area contributed by atoms with Crippen molar-refractivity contribution in [3.05, 3.63) is 25.5 Å². The summed E-state index contributed by atoms with van der Waals surface area (Å²) in [6.45, 7) is 10.6. The number of allylic oxidation sites excluding steroid dienone is 1. The fourth-order valence-electron chi connectivity index (χ4n) is 0.118. The predicted octanol–water partition coefficient (Wildman–Crippen LogP) is 1.93. The van der Waals surface area contributed by atoms with Crippen molar-refractivity contribution in [3.63, 3.8) is 0 Å². The van der Waals surface area contributed by atoms with Crippen molar-refractivity contribution in [2.75, 3.05) is 6.61 Å². The van der Waals surface area contributed by atoms with Crippen LogP contribution in [0.5, 0.6) is 0 Å². The second-order valence-electron chi connectivity index (χ2n) is 1.44. The summed E-state index contributed by atoms with van der Waals surface area (Å²) >= 11 is 0. The van der Waals surface area contributed by atoms with Gasteiger partial charge >= 0.3 is 0 Å². The molecule has 2 heteroatoms. The van der Waals surface area contributed by atoms with Crippen LogP contribution in [0.2, 0.25) is 0 Å². The maximum Gasteiger partial charge on any atom is 0.152 e. The van der Waals surface area contributed by atoms with E-state index >= 15 is 0 Å². The molecule has 0 N–H and O–H groups in total. The first-order valence-electron chi connectivity index (χ1n) is 3.04. The van der Waals surface area contributed by atoms with Crippen LogP contribution in [0, 0.1) is 0 Å². The van der Waals surface area contributed by atoms with E-state index in [1.54, 1.807) is 0 Å². The highest BCUT2D eigenvalue weighted by molar-refractivity contribution is 5.86. The van der Waals surface area contributed by atoms with E-state index in [9.17, 15) is 4.79 Å². The van der Waals surface area contributed by atoms with Crippen LogP contribution in [0.4, 0.5) is 0 Å². The van der Waals surface area contributed by atoms with Gasteiger partial charge in [-0.15, -0.1) is 0 Å². The fraction of sp³-hybridized carbons (Fsp3) is 0.375. The molecule has 0 aromatic carbocycles. The van der Waals surface area contributed by atoms with E-state index in [2.05, 4.69) is 17.9 Å². The predicted molar refractivity (Wildman–Crippen MR) is 42.7 cm³/mol. The summed E-state index contributed by atoms with van der Waals surface area (Å²) < 4.78 is 4.60. The quantitative estimate of drug-likeness (QED) is 0.444. The minimum absolute atomic E-state index is 0.0185. The summed E-state index contributed by atoms with van der Waals surface area (Å²) in [5.41, 5.74) is 0. The van der Waals surface area contributed by atoms with Crippen LogP contribution >= 0.6 is 0 Å². The zero-order valence-corrected chi connectivity index (χ0v) is 6.59. The lowest BCUT2D eigenvalue weighted by Gasteiger charge is -1.84. The molecule has 0 aliphatic rings. The summed E-state index contributed by atoms with van der Waals surface area (Å²) in [4.78, 5) is 9.69. The van der Waals surface area contributed by atoms with Crippen LogP contribution in [-0.4, -0.2) is 12.4 Å². The second-order valence-corrected chi connectivity index (χ2v) is 1.44. The molecule has 0 aromatic heterocycles. The highest BCUT2D eigenvalue weighted by Crippen LogP contribution is 1.65. The average molecular weight is 142 g/mol. The smallest absolute Gasteiger partial charge is 0.152 e. The summed E-state index contributed by atoms with van der Waals surface area (Å²) in [5.74, 6) is 0.0185. The molecule has 2 nitrogen and oxygen atoms in total. The number of rotatable bonds is 3. The molecular weight excluding hydrogens is 128 g/mol. The molecule has 0 aliphatic heterocycles. The van der Waals surface area contributed by atoms with Gasteiger partial charge in [0.05, 0.1) is 12.9 Å². The van der Waals surface area contributed by atoms with Gasteiger partial charge in [0.2, 0.25) is 0 Å². The first kappa shape index (κ1) is 11.7. The third-order valence-electron chi connectivity index (χ3n) is 0.572. The van der Waals surface area contributed by atoms with Gasteiger partial charge in [0, 0.05) is 0 Å². The zero-order valence-electron chi connectivity index (χ0n) is 6.59. The van der Waals surface area contributed by atoms with E-state index in [0.717, 1.165) is 6.61 Å². The molecule has 0 fully saturated rings. The normalized spacial score (nSPS) is 6.60. The first-order valence-corrected chi connectivity index (χ1v) is 3.04. The Balaban J connectivity index is 0. The lowest BCUT2D eigenvalue weighted by Crippen LogP contribution is -1.74. The Morgan fingerprint density at radius 3 is 2.00 bits per heavy atom. The number of carbonyl (C=O) groups is 1. The number of ketones is 1. The van der Waals surface area contributed by atoms with Crippen LogP contribution in [0.1, 0.15) is 13.8 Å². The topological polar surface area (TPSA) is 26.3 Å². The van der Waals surface area contributed by atoms with Gasteiger partial charge in [-0.25, -0.2) is 0 Å². The molecule has 0 unspecified atom stereocenters. The van der Waals surface area contributed by atoms with Crippen molar-refractivity contribution < 1.29 is 9.53 Å². The summed E-state index contributed by atoms with van der Waals surface area (Å²) in [6, 6.07) is 0. The third-order valence-corrected chi connectivity index (χ3v) is 0.572. The first-order chi connectivity index (χ1) is 4.68. The minimum Gasteiger partial charge on any atom is -0.502 e. The van der Waals surface area contributed by atoms with E-state index in [4.69, 9.17) is 0 Å². The Bertz CT molecular complexity index is 106. The van der Waals surface area contributed by atoms with E-state index in [1.165, 1.54) is 19.3 Å². The number of hydrogen-bond donors (Lipinski definition) is 0. The van der Waals surface area contributed by atoms with Crippen LogP contribution in [-0.2, 0) is 9.53 Å². The SMILES string of the molecule is C=CC(C)=O.C=COCC. The number of hydrogen-bond acceptors (Lipinski definition) is 2. The standard InChI is InChI=1S/C4H8O.C4H6O/c1-3-5-4-2;1-3-4(2)5/h3H,1,4H2,2H3;3H,1H2,2H3. The average Bonchev–Trinajstić information content (AvgIpc) is 1.91. The molecule has 0 aromatic rings. The van der Waals surface area contributed by atoms with Crippen LogP contribution in [0.3, 0.4) is 0 Å². The maximum atomic E-state index is 9.69. The Morgan fingerprint density at radius 2 is 2.00 bits per heavy atom. The van der Waals surface area contributed by atoms with Crippen molar-refractivity contribution in [3.8, 4) is 0 Å². The number of carbonyl (C=O) groups excluding carboxylic acids is 1. The molecule has 0 saturated heterocycles. The zero-order chi connectivity index (χ0) is 8.41. The number of ether oxygens (including phenoxy) is 1. The molecule has 0 atom stereocenters. The van der Waals surface area contributed by atoms with Gasteiger partial charge in [0.15, 0.2) is 5.78 Å². The van der Waals surface area contributed by atoms with Gasteiger partial charge in [0.25, 0.3) is 0 Å². The summed E-state index contributed by atoms with van der Waals surface area (Å²) in [6.07, 6.45) is 2.71. The van der Waals surface area contributed by atoms with E-state index < -0.39 is 0 Å². The van der Waals surface area contributed by atoms with E-state index in [-0.39, 0.29) is 5.78 Å². The van der Waals surface area contributed by atoms with Crippen LogP contribution in [0.15, 0.2) is 25.5 Å². The lowest BCUT2D eigenvalue weighted by atomic mass is 10.5. The van der Waals surface area contributed by atoms with Crippen molar-refractivity contribution in [2.24, 2.45) is 0 Å². The molecular formula is C8H14O2. The molecule has 0 spiro atoms. The minimum atomic E-state index is 0.0185. The second kappa shape index (κ2) is 10.8. The highest BCUT2D eigenvalue weighted by Gasteiger charge is 1.69. The molecule has 0 aliphatic carbocycles. The van der Waals surface area contributed by atoms with E-state index in [0.29, 0.717) is 0 Å². The van der Waals surface area contributed by atoms with Crippen molar-refractivity contribution in [1.29, 1.82) is 0 Å². The fourth-order valence-corrected chi connectivity index (χ4v) is 0.118. The van der Waals surface area contributed by atoms with Crippen molar-refractivity contribution in [2.45, 2.75) is 13.8 Å². The van der Waals surface area contributed by atoms with Crippen LogP contribution in [0.25, 0.3) is 0 Å². The Kier molecular flexibility index (Phi) is 12.7. The highest BCUT2D eigenvalue weighted by atomic mass is 16.5. The van der Waals surface area contributed by atoms with Gasteiger partial charge < -0.3 is 4.74 Å². The molecule has 0 bridgehead atoms. The molecule has 58 valence electrons. The van der Waals surface area contributed by atoms with Gasteiger partial charge in [-0.3, -0.25) is 4.79 Å². The Morgan fingerprint density at radius 1 is 1.60 bits per heavy atom. The van der Waals surface area contributed by atoms with Crippen LogP contribution < -0.4 is 0 Å². The molecule has 0 saturated carbocycles. The van der Waals surface area contributed by atoms with Gasteiger partial charge in [-0.2, -0.15) is 0 Å². The Hall–Kier alpha value is -1.05. The summed E-state index contributed by atoms with van der Waals surface area (Å²) in [7, 11) is 0. The maximum absolute atomic E-state index is 9.69. The van der Waals surface area contributed by atoms with E-state index in [1.807, 2.05) is 6.92 Å². The monoisotopic (exact) mass is 142 g/mol. The molecule has 0 radical (unpaired) electrons. The third kappa shape index (κ3) is 28.3. The van der Waals surface area contributed by atoms with Crippen molar-refractivity contribution in [1.82, 2.24) is 0 Å². The molecule has 0 amide bonds. The van der Waals surface area contributed by atoms with Gasteiger partial charge in [-0.1, -0.05) is 13.2 Å².